The van der Waals surface area contributed by atoms with Gasteiger partial charge in [0.05, 0.1) is 13.2 Å². The Kier molecular flexibility index (Phi) is 45.4. The summed E-state index contributed by atoms with van der Waals surface area (Å²) in [4.78, 5) is 0. The number of ether oxygens (including phenoxy) is 2. The van der Waals surface area contributed by atoms with E-state index in [4.69, 9.17) is 9.47 Å². The highest BCUT2D eigenvalue weighted by molar-refractivity contribution is 5.26. The molecule has 0 fully saturated rings. The molecule has 0 unspecified atom stereocenters. The Labute approximate surface area is 325 Å². The Balaban J connectivity index is 3.41. The van der Waals surface area contributed by atoms with Gasteiger partial charge in [-0.3, -0.25) is 0 Å². The van der Waals surface area contributed by atoms with Crippen molar-refractivity contribution in [2.75, 3.05) is 26.4 Å². The van der Waals surface area contributed by atoms with E-state index in [0.29, 0.717) is 13.2 Å². The van der Waals surface area contributed by atoms with Gasteiger partial charge in [0.25, 0.3) is 0 Å². The van der Waals surface area contributed by atoms with Crippen molar-refractivity contribution >= 4 is 0 Å². The van der Waals surface area contributed by atoms with Crippen molar-refractivity contribution in [2.45, 2.75) is 238 Å². The Morgan fingerprint density at radius 2 is 0.654 bits per heavy atom. The van der Waals surface area contributed by atoms with Gasteiger partial charge in [-0.25, -0.2) is 0 Å². The van der Waals surface area contributed by atoms with Crippen molar-refractivity contribution in [1.29, 1.82) is 0 Å². The molecule has 0 heterocycles. The first-order chi connectivity index (χ1) is 25.8. The molecule has 0 amide bonds. The molecule has 298 valence electrons. The van der Waals surface area contributed by atoms with Crippen LogP contribution in [0.2, 0.25) is 0 Å². The van der Waals surface area contributed by atoms with Crippen LogP contribution in [-0.2, 0) is 9.47 Å². The molecule has 0 radical (unpaired) electrons. The van der Waals surface area contributed by atoms with Gasteiger partial charge in [0.2, 0.25) is 0 Å². The van der Waals surface area contributed by atoms with Crippen LogP contribution < -0.4 is 0 Å². The van der Waals surface area contributed by atoms with Crippen molar-refractivity contribution in [2.24, 2.45) is 0 Å². The third-order valence-electron chi connectivity index (χ3n) is 9.69. The van der Waals surface area contributed by atoms with Gasteiger partial charge in [0.15, 0.2) is 0 Å². The van der Waals surface area contributed by atoms with E-state index < -0.39 is 0 Å². The van der Waals surface area contributed by atoms with Gasteiger partial charge in [0.1, 0.15) is 6.10 Å². The number of aliphatic hydroxyl groups excluding tert-OH is 1. The predicted molar refractivity (Wildman–Crippen MR) is 227 cm³/mol. The van der Waals surface area contributed by atoms with Gasteiger partial charge in [-0.1, -0.05) is 192 Å². The van der Waals surface area contributed by atoms with Crippen molar-refractivity contribution in [3.8, 4) is 47.4 Å². The van der Waals surface area contributed by atoms with Crippen LogP contribution >= 0.6 is 0 Å². The molecule has 3 heteroatoms. The van der Waals surface area contributed by atoms with Crippen LogP contribution in [-0.4, -0.2) is 37.6 Å². The van der Waals surface area contributed by atoms with E-state index in [2.05, 4.69) is 61.2 Å². The first kappa shape index (κ1) is 50.1. The molecule has 0 aliphatic carbocycles. The fourth-order valence-corrected chi connectivity index (χ4v) is 6.24. The summed E-state index contributed by atoms with van der Waals surface area (Å²) in [6, 6.07) is 0. The lowest BCUT2D eigenvalue weighted by atomic mass is 10.1. The molecule has 0 aromatic rings. The summed E-state index contributed by atoms with van der Waals surface area (Å²) >= 11 is 0. The SMILES string of the molecule is CCCCCCCCCCC#CC#CCCCCCCCCCOC[C@H](CO)OCCCCCCCCCC#CC#CCCCCCCCCCC. The third kappa shape index (κ3) is 44.3. The molecule has 0 aromatic carbocycles. The molecule has 0 aliphatic heterocycles. The van der Waals surface area contributed by atoms with Crippen LogP contribution in [0, 0.1) is 47.4 Å². The molecule has 0 saturated heterocycles. The van der Waals surface area contributed by atoms with E-state index in [1.54, 1.807) is 0 Å². The predicted octanol–water partition coefficient (Wildman–Crippen LogP) is 13.7. The van der Waals surface area contributed by atoms with Crippen LogP contribution in [0.3, 0.4) is 0 Å². The molecule has 0 aromatic heterocycles. The van der Waals surface area contributed by atoms with Crippen molar-refractivity contribution in [3.05, 3.63) is 0 Å². The molecule has 52 heavy (non-hydrogen) atoms. The topological polar surface area (TPSA) is 38.7 Å². The molecule has 3 nitrogen and oxygen atoms in total. The average molecular weight is 721 g/mol. The molecule has 0 rings (SSSR count). The normalized spacial score (nSPS) is 11.1. The van der Waals surface area contributed by atoms with E-state index in [9.17, 15) is 5.11 Å². The fraction of sp³-hybridized carbons (Fsp3) is 0.837. The first-order valence-corrected chi connectivity index (χ1v) is 22.6. The van der Waals surface area contributed by atoms with Crippen LogP contribution in [0.25, 0.3) is 0 Å². The number of aliphatic hydroxyl groups is 1. The van der Waals surface area contributed by atoms with Crippen LogP contribution in [0.4, 0.5) is 0 Å². The standard InChI is InChI=1S/C49H84O3/c1-3-5-7-9-11-13-15-17-19-21-23-25-27-29-31-33-35-37-39-41-43-45-51-48-49(47-50)52-46-44-42-40-38-36-34-32-30-28-26-24-22-20-18-16-14-12-10-8-6-4-2/h49-50H,3-20,29-48H2,1-2H3/t49-/m0/s1. The minimum atomic E-state index is -0.195. The largest absolute Gasteiger partial charge is 0.394 e. The second kappa shape index (κ2) is 47.1. The van der Waals surface area contributed by atoms with E-state index in [1.165, 1.54) is 180 Å². The van der Waals surface area contributed by atoms with E-state index in [0.717, 1.165) is 45.1 Å². The minimum absolute atomic E-state index is 0.0317. The second-order valence-corrected chi connectivity index (χ2v) is 14.9. The van der Waals surface area contributed by atoms with Crippen molar-refractivity contribution < 1.29 is 14.6 Å². The van der Waals surface area contributed by atoms with Crippen LogP contribution in [0.1, 0.15) is 232 Å². The summed E-state index contributed by atoms with van der Waals surface area (Å²) in [5.41, 5.74) is 0. The highest BCUT2D eigenvalue weighted by atomic mass is 16.5. The minimum Gasteiger partial charge on any atom is -0.394 e. The number of hydrogen-bond donors (Lipinski definition) is 1. The fourth-order valence-electron chi connectivity index (χ4n) is 6.24. The Hall–Kier alpha value is -1.88. The van der Waals surface area contributed by atoms with Crippen LogP contribution in [0.15, 0.2) is 0 Å². The van der Waals surface area contributed by atoms with Crippen molar-refractivity contribution in [3.63, 3.8) is 0 Å². The Morgan fingerprint density at radius 3 is 0.981 bits per heavy atom. The number of hydrogen-bond acceptors (Lipinski definition) is 3. The number of rotatable bonds is 38. The molecule has 0 saturated carbocycles. The summed E-state index contributed by atoms with van der Waals surface area (Å²) < 4.78 is 11.7. The third-order valence-corrected chi connectivity index (χ3v) is 9.69. The van der Waals surface area contributed by atoms with E-state index >= 15 is 0 Å². The summed E-state index contributed by atoms with van der Waals surface area (Å²) in [6.45, 7) is 6.54. The maximum Gasteiger partial charge on any atom is 0.104 e. The Bertz CT molecular complexity index is 955. The molecule has 0 aliphatic rings. The van der Waals surface area contributed by atoms with E-state index in [-0.39, 0.29) is 12.7 Å². The smallest absolute Gasteiger partial charge is 0.104 e. The van der Waals surface area contributed by atoms with Crippen LogP contribution in [0.5, 0.6) is 0 Å². The Morgan fingerprint density at radius 1 is 0.365 bits per heavy atom. The average Bonchev–Trinajstić information content (AvgIpc) is 3.16. The molecular weight excluding hydrogens is 637 g/mol. The monoisotopic (exact) mass is 721 g/mol. The molecule has 0 spiro atoms. The summed E-state index contributed by atoms with van der Waals surface area (Å²) in [5, 5.41) is 9.64. The molecule has 1 N–H and O–H groups in total. The van der Waals surface area contributed by atoms with E-state index in [1.807, 2.05) is 0 Å². The lowest BCUT2D eigenvalue weighted by Crippen LogP contribution is -2.24. The summed E-state index contributed by atoms with van der Waals surface area (Å²) in [6.07, 6.45) is 42.5. The maximum absolute atomic E-state index is 9.64. The summed E-state index contributed by atoms with van der Waals surface area (Å²) in [7, 11) is 0. The second-order valence-electron chi connectivity index (χ2n) is 14.9. The van der Waals surface area contributed by atoms with Gasteiger partial charge in [-0.2, -0.15) is 0 Å². The zero-order valence-electron chi connectivity index (χ0n) is 34.7. The zero-order chi connectivity index (χ0) is 37.5. The van der Waals surface area contributed by atoms with Gasteiger partial charge in [-0.05, 0) is 62.2 Å². The molecule has 0 bridgehead atoms. The quantitative estimate of drug-likeness (QED) is 0.0510. The molecule has 1 atom stereocenters. The molecular formula is C49H84O3. The van der Waals surface area contributed by atoms with Gasteiger partial charge in [-0.15, -0.1) is 0 Å². The van der Waals surface area contributed by atoms with Crippen molar-refractivity contribution in [1.82, 2.24) is 0 Å². The first-order valence-electron chi connectivity index (χ1n) is 22.6. The lowest BCUT2D eigenvalue weighted by Gasteiger charge is -2.15. The highest BCUT2D eigenvalue weighted by Crippen LogP contribution is 2.12. The highest BCUT2D eigenvalue weighted by Gasteiger charge is 2.07. The van der Waals surface area contributed by atoms with Gasteiger partial charge >= 0.3 is 0 Å². The summed E-state index contributed by atoms with van der Waals surface area (Å²) in [5.74, 6) is 25.0. The lowest BCUT2D eigenvalue weighted by molar-refractivity contribution is -0.0437. The number of unbranched alkanes of at least 4 members (excludes halogenated alkanes) is 30. The zero-order valence-corrected chi connectivity index (χ0v) is 34.7. The van der Waals surface area contributed by atoms with Gasteiger partial charge in [0, 0.05) is 38.9 Å². The van der Waals surface area contributed by atoms with Gasteiger partial charge < -0.3 is 14.6 Å². The maximum atomic E-state index is 9.64.